The second kappa shape index (κ2) is 10.3. The first-order valence-electron chi connectivity index (χ1n) is 13.3. The minimum Gasteiger partial charge on any atom is -0.389 e. The molecule has 0 bridgehead atoms. The van der Waals surface area contributed by atoms with Crippen molar-refractivity contribution in [1.29, 1.82) is 5.26 Å². The summed E-state index contributed by atoms with van der Waals surface area (Å²) in [5, 5.41) is 30.6. The van der Waals surface area contributed by atoms with E-state index in [1.807, 2.05) is 60.5 Å². The van der Waals surface area contributed by atoms with Gasteiger partial charge in [0.05, 0.1) is 43.1 Å². The zero-order valence-electron chi connectivity index (χ0n) is 23.0. The first kappa shape index (κ1) is 26.4. The maximum absolute atomic E-state index is 13.4. The van der Waals surface area contributed by atoms with Gasteiger partial charge in [0.1, 0.15) is 0 Å². The SMILES string of the molecule is Cc1ccc(-c2noc(CN3CC(C#N)C3)n2)cc1NC(=O)c1cc[n+]2ccc(-c3cnn(CC(C)(C)O)c3)cn12. The first-order valence-corrected chi connectivity index (χ1v) is 13.3. The van der Waals surface area contributed by atoms with Gasteiger partial charge < -0.3 is 14.9 Å². The normalized spacial score (nSPS) is 14.2. The maximum atomic E-state index is 13.4. The van der Waals surface area contributed by atoms with Crippen LogP contribution < -0.4 is 9.83 Å². The number of rotatable bonds is 8. The maximum Gasteiger partial charge on any atom is 0.278 e. The van der Waals surface area contributed by atoms with Gasteiger partial charge in [-0.25, -0.2) is 0 Å². The number of hydrogen-bond acceptors (Lipinski definition) is 8. The highest BCUT2D eigenvalue weighted by atomic mass is 16.5. The van der Waals surface area contributed by atoms with Crippen molar-refractivity contribution in [2.24, 2.45) is 5.92 Å². The fraction of sp³-hybridized carbons (Fsp3) is 0.310. The predicted molar refractivity (Wildman–Crippen MR) is 147 cm³/mol. The lowest BCUT2D eigenvalue weighted by Crippen LogP contribution is -2.45. The lowest BCUT2D eigenvalue weighted by atomic mass is 10.0. The summed E-state index contributed by atoms with van der Waals surface area (Å²) in [6.07, 6.45) is 9.18. The molecule has 0 radical (unpaired) electrons. The Morgan fingerprint density at radius 2 is 2.00 bits per heavy atom. The number of anilines is 1. The average molecular weight is 553 g/mol. The second-order valence-electron chi connectivity index (χ2n) is 11.1. The number of aliphatic hydroxyl groups is 1. The van der Waals surface area contributed by atoms with Crippen LogP contribution in [0.25, 0.3) is 22.5 Å². The molecule has 1 aliphatic heterocycles. The van der Waals surface area contributed by atoms with Gasteiger partial charge in [0, 0.05) is 53.8 Å². The molecule has 4 aromatic heterocycles. The molecule has 5 heterocycles. The fourth-order valence-electron chi connectivity index (χ4n) is 4.85. The minimum atomic E-state index is -0.882. The number of carbonyl (C=O) groups excluding carboxylic acids is 1. The number of benzene rings is 1. The Morgan fingerprint density at radius 3 is 2.78 bits per heavy atom. The van der Waals surface area contributed by atoms with Gasteiger partial charge in [-0.2, -0.15) is 15.3 Å². The molecule has 208 valence electrons. The Morgan fingerprint density at radius 1 is 1.20 bits per heavy atom. The highest BCUT2D eigenvalue weighted by molar-refractivity contribution is 6.03. The zero-order valence-corrected chi connectivity index (χ0v) is 23.0. The minimum absolute atomic E-state index is 0.0619. The summed E-state index contributed by atoms with van der Waals surface area (Å²) in [6, 6.07) is 11.6. The van der Waals surface area contributed by atoms with E-state index in [9.17, 15) is 9.90 Å². The van der Waals surface area contributed by atoms with Crippen molar-refractivity contribution >= 4 is 11.6 Å². The first-order chi connectivity index (χ1) is 19.6. The zero-order chi connectivity index (χ0) is 28.7. The number of aromatic nitrogens is 6. The molecule has 41 heavy (non-hydrogen) atoms. The third-order valence-corrected chi connectivity index (χ3v) is 7.01. The van der Waals surface area contributed by atoms with E-state index in [4.69, 9.17) is 9.78 Å². The Kier molecular flexibility index (Phi) is 6.61. The summed E-state index contributed by atoms with van der Waals surface area (Å²) >= 11 is 0. The molecule has 0 unspecified atom stereocenters. The molecule has 1 amide bonds. The second-order valence-corrected chi connectivity index (χ2v) is 11.1. The molecule has 1 fully saturated rings. The van der Waals surface area contributed by atoms with E-state index < -0.39 is 5.60 Å². The standard InChI is InChI=1S/C29H29N9O3/c1-19-4-5-21(27-33-26(41-34-27)17-35-13-20(11-30)14-35)10-24(19)32-28(39)25-7-9-37-8-6-22(16-38(25)37)23-12-31-36(15-23)18-29(2,3)40/h4-10,12,15-16,20,40H,13-14,17-18H2,1-3H3/p+1. The summed E-state index contributed by atoms with van der Waals surface area (Å²) < 4.78 is 10.7. The van der Waals surface area contributed by atoms with Crippen LogP contribution in [0.2, 0.25) is 0 Å². The third-order valence-electron chi connectivity index (χ3n) is 7.01. The van der Waals surface area contributed by atoms with Crippen molar-refractivity contribution in [3.63, 3.8) is 0 Å². The van der Waals surface area contributed by atoms with E-state index in [-0.39, 0.29) is 11.8 Å². The fourth-order valence-corrected chi connectivity index (χ4v) is 4.85. The molecule has 1 saturated heterocycles. The van der Waals surface area contributed by atoms with E-state index in [2.05, 4.69) is 31.5 Å². The molecule has 1 aliphatic rings. The molecule has 5 aromatic rings. The number of hydrogen-bond donors (Lipinski definition) is 2. The lowest BCUT2D eigenvalue weighted by molar-refractivity contribution is -0.617. The van der Waals surface area contributed by atoms with Gasteiger partial charge in [-0.3, -0.25) is 14.4 Å². The smallest absolute Gasteiger partial charge is 0.278 e. The van der Waals surface area contributed by atoms with Crippen LogP contribution >= 0.6 is 0 Å². The number of aryl methyl sites for hydroxylation is 1. The number of nitrogens with one attached hydrogen (secondary N) is 1. The van der Waals surface area contributed by atoms with E-state index in [1.165, 1.54) is 0 Å². The van der Waals surface area contributed by atoms with Gasteiger partial charge in [0.15, 0.2) is 5.69 Å². The summed E-state index contributed by atoms with van der Waals surface area (Å²) in [5.41, 5.74) is 3.58. The highest BCUT2D eigenvalue weighted by Gasteiger charge is 2.28. The molecule has 0 aliphatic carbocycles. The van der Waals surface area contributed by atoms with Crippen molar-refractivity contribution in [3.8, 4) is 28.6 Å². The van der Waals surface area contributed by atoms with Crippen molar-refractivity contribution in [2.75, 3.05) is 18.4 Å². The van der Waals surface area contributed by atoms with E-state index >= 15 is 0 Å². The van der Waals surface area contributed by atoms with Crippen LogP contribution in [0, 0.1) is 24.2 Å². The largest absolute Gasteiger partial charge is 0.389 e. The van der Waals surface area contributed by atoms with Crippen molar-refractivity contribution in [1.82, 2.24) is 29.3 Å². The van der Waals surface area contributed by atoms with E-state index in [0.29, 0.717) is 49.3 Å². The van der Waals surface area contributed by atoms with Gasteiger partial charge in [-0.15, -0.1) is 4.52 Å². The van der Waals surface area contributed by atoms with Crippen LogP contribution in [0.15, 0.2) is 65.8 Å². The Bertz CT molecular complexity index is 1780. The lowest BCUT2D eigenvalue weighted by Gasteiger charge is -2.33. The van der Waals surface area contributed by atoms with Crippen LogP contribution in [-0.4, -0.2) is 59.0 Å². The number of nitrogens with zero attached hydrogens (tertiary/aromatic N) is 8. The average Bonchev–Trinajstić information content (AvgIpc) is 3.66. The quantitative estimate of drug-likeness (QED) is 0.280. The number of carbonyl (C=O) groups is 1. The van der Waals surface area contributed by atoms with Gasteiger partial charge >= 0.3 is 0 Å². The molecule has 1 aromatic carbocycles. The Balaban J connectivity index is 1.20. The van der Waals surface area contributed by atoms with Crippen LogP contribution in [0.4, 0.5) is 5.69 Å². The van der Waals surface area contributed by atoms with Gasteiger partial charge in [0.25, 0.3) is 5.91 Å². The number of likely N-dealkylation sites (tertiary alicyclic amines) is 1. The van der Waals surface area contributed by atoms with Gasteiger partial charge in [-0.1, -0.05) is 21.8 Å². The van der Waals surface area contributed by atoms with Crippen molar-refractivity contribution < 1.29 is 18.9 Å². The van der Waals surface area contributed by atoms with Crippen LogP contribution in [-0.2, 0) is 13.1 Å². The molecule has 6 rings (SSSR count). The monoisotopic (exact) mass is 552 g/mol. The summed E-state index contributed by atoms with van der Waals surface area (Å²) in [5.74, 6) is 0.713. The van der Waals surface area contributed by atoms with Gasteiger partial charge in [-0.05, 0) is 32.4 Å². The van der Waals surface area contributed by atoms with Crippen LogP contribution in [0.1, 0.15) is 35.8 Å². The Labute approximate surface area is 236 Å². The Hall–Kier alpha value is -4.86. The van der Waals surface area contributed by atoms with Crippen molar-refractivity contribution in [2.45, 2.75) is 39.5 Å². The summed E-state index contributed by atoms with van der Waals surface area (Å²) in [7, 11) is 0. The molecule has 12 heteroatoms. The van der Waals surface area contributed by atoms with Crippen LogP contribution in [0.3, 0.4) is 0 Å². The molecule has 2 N–H and O–H groups in total. The topological polar surface area (TPSA) is 142 Å². The molecular formula is C29H30N9O3+. The number of nitriles is 1. The number of amides is 1. The molecule has 0 saturated carbocycles. The predicted octanol–water partition coefficient (Wildman–Crippen LogP) is 2.73. The molecule has 0 atom stereocenters. The highest BCUT2D eigenvalue weighted by Crippen LogP contribution is 2.25. The third kappa shape index (κ3) is 5.58. The summed E-state index contributed by atoms with van der Waals surface area (Å²) in [6.45, 7) is 7.67. The molecule has 0 spiro atoms. The van der Waals surface area contributed by atoms with Gasteiger partial charge in [0.2, 0.25) is 24.1 Å². The molecular weight excluding hydrogens is 522 g/mol. The summed E-state index contributed by atoms with van der Waals surface area (Å²) in [4.78, 5) is 20.0. The van der Waals surface area contributed by atoms with Crippen LogP contribution in [0.5, 0.6) is 0 Å². The number of fused-ring (bicyclic) bond motifs is 1. The van der Waals surface area contributed by atoms with E-state index in [0.717, 1.165) is 22.3 Å². The van der Waals surface area contributed by atoms with E-state index in [1.54, 1.807) is 35.3 Å². The van der Waals surface area contributed by atoms with Crippen molar-refractivity contribution in [3.05, 3.63) is 78.5 Å². The molecule has 12 nitrogen and oxygen atoms in total.